The number of carbonyl (C=O) groups is 4. The van der Waals surface area contributed by atoms with E-state index in [1.807, 2.05) is 24.3 Å². The van der Waals surface area contributed by atoms with Gasteiger partial charge >= 0.3 is 0 Å². The monoisotopic (exact) mass is 477 g/mol. The van der Waals surface area contributed by atoms with Crippen LogP contribution >= 0.6 is 0 Å². The van der Waals surface area contributed by atoms with Gasteiger partial charge in [0.2, 0.25) is 11.8 Å². The van der Waals surface area contributed by atoms with Crippen molar-refractivity contribution in [1.29, 1.82) is 0 Å². The Morgan fingerprint density at radius 2 is 1.57 bits per heavy atom. The molecule has 3 N–H and O–H groups in total. The van der Waals surface area contributed by atoms with Crippen LogP contribution in [0, 0.1) is 0 Å². The molecule has 9 nitrogen and oxygen atoms in total. The number of carbonyl (C=O) groups excluding carboxylic acids is 4. The van der Waals surface area contributed by atoms with Crippen molar-refractivity contribution in [2.45, 2.75) is 50.5 Å². The molecule has 35 heavy (non-hydrogen) atoms. The van der Waals surface area contributed by atoms with Crippen LogP contribution in [0.2, 0.25) is 0 Å². The quantitative estimate of drug-likeness (QED) is 0.550. The fraction of sp³-hybridized carbons (Fsp3) is 0.385. The normalized spacial score (nSPS) is 22.3. The Labute approximate surface area is 202 Å². The first-order valence-electron chi connectivity index (χ1n) is 11.8. The van der Waals surface area contributed by atoms with Crippen LogP contribution in [-0.2, 0) is 28.3 Å². The lowest BCUT2D eigenvalue weighted by Crippen LogP contribution is -2.54. The smallest absolute Gasteiger partial charge is 0.262 e. The topological polar surface area (TPSA) is 127 Å². The van der Waals surface area contributed by atoms with Crippen LogP contribution in [0.5, 0.6) is 0 Å². The first-order chi connectivity index (χ1) is 16.8. The van der Waals surface area contributed by atoms with Gasteiger partial charge in [0.15, 0.2) is 0 Å². The minimum absolute atomic E-state index is 0.0111. The molecule has 0 saturated carbocycles. The molecule has 9 heteroatoms. The van der Waals surface area contributed by atoms with E-state index < -0.39 is 35.3 Å². The van der Waals surface area contributed by atoms with E-state index >= 15 is 0 Å². The number of aliphatic hydroxyl groups is 2. The maximum absolute atomic E-state index is 13.1. The van der Waals surface area contributed by atoms with Crippen molar-refractivity contribution in [3.8, 4) is 0 Å². The second kappa shape index (κ2) is 8.99. The zero-order valence-corrected chi connectivity index (χ0v) is 19.2. The number of imide groups is 2. The number of amides is 4. The van der Waals surface area contributed by atoms with Crippen LogP contribution in [-0.4, -0.2) is 62.8 Å². The lowest BCUT2D eigenvalue weighted by atomic mass is 9.83. The first-order valence-corrected chi connectivity index (χ1v) is 11.8. The second-order valence-corrected chi connectivity index (χ2v) is 9.49. The number of likely N-dealkylation sites (tertiary alicyclic amines) is 1. The summed E-state index contributed by atoms with van der Waals surface area (Å²) in [5.74, 6) is -2.19. The van der Waals surface area contributed by atoms with Gasteiger partial charge in [-0.05, 0) is 48.1 Å². The van der Waals surface area contributed by atoms with E-state index in [2.05, 4.69) is 10.2 Å². The number of fused-ring (bicyclic) bond motifs is 1. The summed E-state index contributed by atoms with van der Waals surface area (Å²) in [6, 6.07) is 11.6. The van der Waals surface area contributed by atoms with E-state index in [4.69, 9.17) is 0 Å². The number of nitrogens with one attached hydrogen (secondary N) is 1. The molecule has 2 saturated heterocycles. The predicted molar refractivity (Wildman–Crippen MR) is 124 cm³/mol. The highest BCUT2D eigenvalue weighted by molar-refractivity contribution is 6.23. The van der Waals surface area contributed by atoms with Gasteiger partial charge in [-0.15, -0.1) is 0 Å². The molecule has 0 radical (unpaired) electrons. The highest BCUT2D eigenvalue weighted by Gasteiger charge is 2.45. The zero-order valence-electron chi connectivity index (χ0n) is 19.2. The molecule has 0 bridgehead atoms. The third-order valence-corrected chi connectivity index (χ3v) is 7.27. The number of hydrogen-bond acceptors (Lipinski definition) is 7. The van der Waals surface area contributed by atoms with E-state index in [1.165, 1.54) is 0 Å². The molecule has 0 aromatic heterocycles. The van der Waals surface area contributed by atoms with Gasteiger partial charge in [0.05, 0.1) is 23.3 Å². The molecule has 1 atom stereocenters. The summed E-state index contributed by atoms with van der Waals surface area (Å²) in [6.45, 7) is 2.06. The summed E-state index contributed by atoms with van der Waals surface area (Å²) >= 11 is 0. The first kappa shape index (κ1) is 23.3. The van der Waals surface area contributed by atoms with Crippen LogP contribution in [0.1, 0.15) is 63.1 Å². The van der Waals surface area contributed by atoms with Crippen LogP contribution in [0.15, 0.2) is 42.5 Å². The Hall–Kier alpha value is -3.40. The lowest BCUT2D eigenvalue weighted by Gasteiger charge is -2.38. The maximum Gasteiger partial charge on any atom is 0.262 e. The number of hydrogen-bond donors (Lipinski definition) is 3. The van der Waals surface area contributed by atoms with Gasteiger partial charge in [-0.1, -0.05) is 30.3 Å². The molecule has 182 valence electrons. The van der Waals surface area contributed by atoms with Gasteiger partial charge in [-0.3, -0.25) is 34.3 Å². The van der Waals surface area contributed by atoms with E-state index in [9.17, 15) is 29.4 Å². The number of piperidine rings is 2. The van der Waals surface area contributed by atoms with Crippen LogP contribution in [0.4, 0.5) is 0 Å². The Kier molecular flexibility index (Phi) is 6.00. The molecule has 0 aliphatic carbocycles. The Morgan fingerprint density at radius 3 is 2.23 bits per heavy atom. The van der Waals surface area contributed by atoms with Crippen molar-refractivity contribution >= 4 is 23.6 Å². The Bertz CT molecular complexity index is 1200. The van der Waals surface area contributed by atoms with Crippen molar-refractivity contribution in [3.63, 3.8) is 0 Å². The van der Waals surface area contributed by atoms with E-state index in [1.54, 1.807) is 18.2 Å². The summed E-state index contributed by atoms with van der Waals surface area (Å²) < 4.78 is 0. The summed E-state index contributed by atoms with van der Waals surface area (Å²) in [4.78, 5) is 52.9. The summed E-state index contributed by atoms with van der Waals surface area (Å²) in [5.41, 5.74) is 1.82. The number of nitrogens with zero attached hydrogens (tertiary/aromatic N) is 2. The summed E-state index contributed by atoms with van der Waals surface area (Å²) in [5, 5.41) is 22.8. The predicted octanol–water partition coefficient (Wildman–Crippen LogP) is 1.06. The standard InChI is InChI=1S/C26H27N3O6/c30-15-17-3-1-16(2-4-17)14-28-11-9-26(35,10-12-28)18-5-6-19-20(13-18)25(34)29(24(19)33)21-7-8-22(31)27-23(21)32/h1-6,13,21,30,35H,7-12,14-15H2,(H,27,31,32). The molecular formula is C26H27N3O6. The maximum atomic E-state index is 13.1. The molecule has 0 spiro atoms. The van der Waals surface area contributed by atoms with E-state index in [-0.39, 0.29) is 30.6 Å². The highest BCUT2D eigenvalue weighted by Crippen LogP contribution is 2.36. The van der Waals surface area contributed by atoms with Gasteiger partial charge in [0.1, 0.15) is 6.04 Å². The third kappa shape index (κ3) is 4.27. The summed E-state index contributed by atoms with van der Waals surface area (Å²) in [7, 11) is 0. The van der Waals surface area contributed by atoms with Gasteiger partial charge < -0.3 is 10.2 Å². The van der Waals surface area contributed by atoms with Crippen molar-refractivity contribution in [2.24, 2.45) is 0 Å². The average Bonchev–Trinajstić information content (AvgIpc) is 3.11. The molecule has 3 heterocycles. The zero-order chi connectivity index (χ0) is 24.7. The van der Waals surface area contributed by atoms with Crippen LogP contribution in [0.3, 0.4) is 0 Å². The molecule has 1 unspecified atom stereocenters. The van der Waals surface area contributed by atoms with Crippen molar-refractivity contribution in [1.82, 2.24) is 15.1 Å². The van der Waals surface area contributed by atoms with Crippen LogP contribution < -0.4 is 5.32 Å². The van der Waals surface area contributed by atoms with E-state index in [0.717, 1.165) is 22.6 Å². The van der Waals surface area contributed by atoms with Crippen molar-refractivity contribution in [3.05, 3.63) is 70.3 Å². The largest absolute Gasteiger partial charge is 0.392 e. The minimum Gasteiger partial charge on any atom is -0.392 e. The number of benzene rings is 2. The second-order valence-electron chi connectivity index (χ2n) is 9.49. The fourth-order valence-electron chi connectivity index (χ4n) is 5.14. The minimum atomic E-state index is -1.13. The SMILES string of the molecule is O=C1CCC(N2C(=O)c3ccc(C4(O)CCN(Cc5ccc(CO)cc5)CC4)cc3C2=O)C(=O)N1. The molecule has 2 aromatic carbocycles. The van der Waals surface area contributed by atoms with Gasteiger partial charge in [0, 0.05) is 26.1 Å². The summed E-state index contributed by atoms with van der Waals surface area (Å²) in [6.07, 6.45) is 1.11. The third-order valence-electron chi connectivity index (χ3n) is 7.27. The lowest BCUT2D eigenvalue weighted by molar-refractivity contribution is -0.136. The van der Waals surface area contributed by atoms with Crippen LogP contribution in [0.25, 0.3) is 0 Å². The number of aliphatic hydroxyl groups excluding tert-OH is 1. The van der Waals surface area contributed by atoms with Crippen molar-refractivity contribution in [2.75, 3.05) is 13.1 Å². The Balaban J connectivity index is 1.29. The molecular weight excluding hydrogens is 450 g/mol. The molecule has 3 aliphatic heterocycles. The molecule has 2 fully saturated rings. The van der Waals surface area contributed by atoms with Crippen molar-refractivity contribution < 1.29 is 29.4 Å². The molecule has 3 aliphatic rings. The molecule has 5 rings (SSSR count). The highest BCUT2D eigenvalue weighted by atomic mass is 16.3. The molecule has 2 aromatic rings. The average molecular weight is 478 g/mol. The Morgan fingerprint density at radius 1 is 0.914 bits per heavy atom. The number of rotatable bonds is 5. The van der Waals surface area contributed by atoms with Gasteiger partial charge in [-0.25, -0.2) is 0 Å². The molecule has 4 amide bonds. The fourth-order valence-corrected chi connectivity index (χ4v) is 5.14. The van der Waals surface area contributed by atoms with E-state index in [0.29, 0.717) is 31.5 Å². The van der Waals surface area contributed by atoms with Gasteiger partial charge in [-0.2, -0.15) is 0 Å². The van der Waals surface area contributed by atoms with Gasteiger partial charge in [0.25, 0.3) is 11.8 Å².